The third-order valence-corrected chi connectivity index (χ3v) is 5.18. The van der Waals surface area contributed by atoms with Crippen LogP contribution >= 0.6 is 11.6 Å². The van der Waals surface area contributed by atoms with Crippen molar-refractivity contribution in [3.05, 3.63) is 100 Å². The van der Waals surface area contributed by atoms with Crippen LogP contribution in [-0.4, -0.2) is 24.3 Å². The predicted octanol–water partition coefficient (Wildman–Crippen LogP) is 5.32. The van der Waals surface area contributed by atoms with Crippen LogP contribution in [0.15, 0.2) is 72.8 Å². The summed E-state index contributed by atoms with van der Waals surface area (Å²) in [4.78, 5) is 37.6. The van der Waals surface area contributed by atoms with Gasteiger partial charge in [0.2, 0.25) is 6.10 Å². The van der Waals surface area contributed by atoms with Crippen molar-refractivity contribution in [2.45, 2.75) is 19.2 Å². The number of halogens is 4. The molecule has 2 N–H and O–H groups in total. The number of ether oxygens (including phenoxy) is 1. The van der Waals surface area contributed by atoms with Crippen LogP contribution < -0.4 is 10.6 Å². The summed E-state index contributed by atoms with van der Waals surface area (Å²) in [6.07, 6.45) is -6.16. The number of alkyl halides is 3. The van der Waals surface area contributed by atoms with E-state index in [2.05, 4.69) is 10.6 Å². The number of benzene rings is 3. The Kier molecular flexibility index (Phi) is 8.14. The molecule has 0 bridgehead atoms. The highest BCUT2D eigenvalue weighted by atomic mass is 35.5. The molecule has 10 heteroatoms. The van der Waals surface area contributed by atoms with Gasteiger partial charge in [0.1, 0.15) is 6.54 Å². The molecule has 0 aliphatic rings. The Morgan fingerprint density at radius 3 is 2.26 bits per heavy atom. The van der Waals surface area contributed by atoms with Crippen LogP contribution in [0, 0.1) is 6.92 Å². The molecule has 0 saturated carbocycles. The van der Waals surface area contributed by atoms with E-state index in [0.29, 0.717) is 11.6 Å². The van der Waals surface area contributed by atoms with Gasteiger partial charge in [-0.2, -0.15) is 13.2 Å². The Morgan fingerprint density at radius 1 is 0.971 bits per heavy atom. The quantitative estimate of drug-likeness (QED) is 0.426. The Bertz CT molecular complexity index is 1220. The first-order chi connectivity index (χ1) is 16.5. The molecule has 3 aromatic carbocycles. The molecule has 0 aromatic heterocycles. The number of aryl methyl sites for hydroxylation is 1. The average molecular weight is 505 g/mol. The Labute approximate surface area is 204 Å². The molecule has 0 heterocycles. The van der Waals surface area contributed by atoms with Crippen molar-refractivity contribution < 1.29 is 32.3 Å². The number of rotatable bonds is 7. The number of hydrogen-bond acceptors (Lipinski definition) is 4. The predicted molar refractivity (Wildman–Crippen MR) is 124 cm³/mol. The lowest BCUT2D eigenvalue weighted by Crippen LogP contribution is -2.33. The van der Waals surface area contributed by atoms with Gasteiger partial charge in [0.15, 0.2) is 0 Å². The van der Waals surface area contributed by atoms with Crippen molar-refractivity contribution in [2.24, 2.45) is 0 Å². The molecule has 0 aliphatic heterocycles. The first-order valence-electron chi connectivity index (χ1n) is 10.3. The number of carbonyl (C=O) groups is 3. The van der Waals surface area contributed by atoms with Crippen molar-refractivity contribution in [1.29, 1.82) is 0 Å². The van der Waals surface area contributed by atoms with E-state index < -0.39 is 42.2 Å². The second-order valence-corrected chi connectivity index (χ2v) is 7.92. The highest BCUT2D eigenvalue weighted by Gasteiger charge is 2.32. The maximum absolute atomic E-state index is 13.1. The molecular weight excluding hydrogens is 485 g/mol. The molecule has 0 fully saturated rings. The van der Waals surface area contributed by atoms with Gasteiger partial charge in [-0.15, -0.1) is 0 Å². The second-order valence-electron chi connectivity index (χ2n) is 7.51. The van der Waals surface area contributed by atoms with Crippen LogP contribution in [0.25, 0.3) is 0 Å². The standard InChI is InChI=1S/C25H20ClF3N2O4/c1-15-7-9-17(10-8-15)23(33)30-14-21(32)35-22(16-5-3-2-4-6-16)24(34)31-20-13-18(25(27,28)29)11-12-19(20)26/h2-13,22H,14H2,1H3,(H,30,33)(H,31,34). The molecular formula is C25H20ClF3N2O4. The second kappa shape index (κ2) is 11.1. The summed E-state index contributed by atoms with van der Waals surface area (Å²) in [5, 5.41) is 4.56. The van der Waals surface area contributed by atoms with E-state index in [-0.39, 0.29) is 16.3 Å². The fraction of sp³-hybridized carbons (Fsp3) is 0.160. The van der Waals surface area contributed by atoms with Crippen LogP contribution in [0.1, 0.15) is 33.2 Å². The fourth-order valence-corrected chi connectivity index (χ4v) is 3.19. The molecule has 6 nitrogen and oxygen atoms in total. The molecule has 0 aliphatic carbocycles. The van der Waals surface area contributed by atoms with Crippen molar-refractivity contribution in [3.8, 4) is 0 Å². The van der Waals surface area contributed by atoms with Crippen LogP contribution in [0.2, 0.25) is 5.02 Å². The zero-order chi connectivity index (χ0) is 25.6. The average Bonchev–Trinajstić information content (AvgIpc) is 2.82. The van der Waals surface area contributed by atoms with Gasteiger partial charge < -0.3 is 15.4 Å². The number of carbonyl (C=O) groups excluding carboxylic acids is 3. The topological polar surface area (TPSA) is 84.5 Å². The van der Waals surface area contributed by atoms with E-state index in [1.807, 2.05) is 6.92 Å². The fourth-order valence-electron chi connectivity index (χ4n) is 3.03. The third-order valence-electron chi connectivity index (χ3n) is 4.85. The summed E-state index contributed by atoms with van der Waals surface area (Å²) in [5.74, 6) is -2.36. The van der Waals surface area contributed by atoms with Gasteiger partial charge in [0, 0.05) is 11.1 Å². The number of nitrogens with one attached hydrogen (secondary N) is 2. The minimum Gasteiger partial charge on any atom is -0.446 e. The van der Waals surface area contributed by atoms with E-state index >= 15 is 0 Å². The molecule has 1 unspecified atom stereocenters. The number of esters is 1. The van der Waals surface area contributed by atoms with Gasteiger partial charge in [-0.05, 0) is 37.3 Å². The van der Waals surface area contributed by atoms with Crippen molar-refractivity contribution >= 4 is 35.1 Å². The van der Waals surface area contributed by atoms with Crippen LogP contribution in [0.3, 0.4) is 0 Å². The Morgan fingerprint density at radius 2 is 1.63 bits per heavy atom. The summed E-state index contributed by atoms with van der Waals surface area (Å²) < 4.78 is 44.5. The minimum atomic E-state index is -4.65. The van der Waals surface area contributed by atoms with Gasteiger partial charge >= 0.3 is 12.1 Å². The first kappa shape index (κ1) is 25.8. The van der Waals surface area contributed by atoms with Crippen molar-refractivity contribution in [1.82, 2.24) is 5.32 Å². The maximum Gasteiger partial charge on any atom is 0.416 e. The van der Waals surface area contributed by atoms with E-state index in [1.165, 1.54) is 12.1 Å². The zero-order valence-corrected chi connectivity index (χ0v) is 19.1. The minimum absolute atomic E-state index is 0.130. The van der Waals surface area contributed by atoms with Gasteiger partial charge in [0.05, 0.1) is 16.3 Å². The number of hydrogen-bond donors (Lipinski definition) is 2. The summed E-state index contributed by atoms with van der Waals surface area (Å²) in [7, 11) is 0. The van der Waals surface area contributed by atoms with Crippen molar-refractivity contribution in [2.75, 3.05) is 11.9 Å². The van der Waals surface area contributed by atoms with Gasteiger partial charge in [-0.25, -0.2) is 0 Å². The van der Waals surface area contributed by atoms with Gasteiger partial charge in [0.25, 0.3) is 11.8 Å². The molecule has 2 amide bonds. The number of anilines is 1. The lowest BCUT2D eigenvalue weighted by molar-refractivity contribution is -0.153. The first-order valence-corrected chi connectivity index (χ1v) is 10.7. The highest BCUT2D eigenvalue weighted by molar-refractivity contribution is 6.33. The largest absolute Gasteiger partial charge is 0.446 e. The molecule has 35 heavy (non-hydrogen) atoms. The monoisotopic (exact) mass is 504 g/mol. The smallest absolute Gasteiger partial charge is 0.416 e. The normalized spacial score (nSPS) is 11.9. The molecule has 1 atom stereocenters. The lowest BCUT2D eigenvalue weighted by Gasteiger charge is -2.19. The van der Waals surface area contributed by atoms with Crippen LogP contribution in [0.4, 0.5) is 18.9 Å². The molecule has 0 saturated heterocycles. The van der Waals surface area contributed by atoms with E-state index in [1.54, 1.807) is 42.5 Å². The van der Waals surface area contributed by atoms with Gasteiger partial charge in [-0.3, -0.25) is 14.4 Å². The molecule has 3 aromatic rings. The maximum atomic E-state index is 13.1. The third kappa shape index (κ3) is 7.07. The van der Waals surface area contributed by atoms with Crippen LogP contribution in [-0.2, 0) is 20.5 Å². The molecule has 0 radical (unpaired) electrons. The van der Waals surface area contributed by atoms with E-state index in [9.17, 15) is 27.6 Å². The summed E-state index contributed by atoms with van der Waals surface area (Å²) >= 11 is 5.96. The molecule has 3 rings (SSSR count). The summed E-state index contributed by atoms with van der Waals surface area (Å²) in [6, 6.07) is 17.0. The van der Waals surface area contributed by atoms with Crippen LogP contribution in [0.5, 0.6) is 0 Å². The molecule has 182 valence electrons. The SMILES string of the molecule is Cc1ccc(C(=O)NCC(=O)OC(C(=O)Nc2cc(C(F)(F)F)ccc2Cl)c2ccccc2)cc1. The Hall–Kier alpha value is -3.85. The van der Waals surface area contributed by atoms with E-state index in [4.69, 9.17) is 16.3 Å². The summed E-state index contributed by atoms with van der Waals surface area (Å²) in [5.41, 5.74) is 0.255. The zero-order valence-electron chi connectivity index (χ0n) is 18.4. The molecule has 0 spiro atoms. The highest BCUT2D eigenvalue weighted by Crippen LogP contribution is 2.34. The lowest BCUT2D eigenvalue weighted by atomic mass is 10.1. The van der Waals surface area contributed by atoms with Gasteiger partial charge in [-0.1, -0.05) is 59.6 Å². The van der Waals surface area contributed by atoms with Crippen molar-refractivity contribution in [3.63, 3.8) is 0 Å². The van der Waals surface area contributed by atoms with E-state index in [0.717, 1.165) is 17.7 Å². The number of amides is 2. The summed E-state index contributed by atoms with van der Waals surface area (Å²) in [6.45, 7) is 1.33. The Balaban J connectivity index is 1.74.